The highest BCUT2D eigenvalue weighted by atomic mass is 35.5. The molecule has 0 aliphatic carbocycles. The molecule has 2 N–H and O–H groups in total. The summed E-state index contributed by atoms with van der Waals surface area (Å²) < 4.78 is 15.1. The highest BCUT2D eigenvalue weighted by Gasteiger charge is 2.06. The first-order valence-corrected chi connectivity index (χ1v) is 7.33. The van der Waals surface area contributed by atoms with Crippen LogP contribution in [0, 0.1) is 12.7 Å². The maximum absolute atomic E-state index is 13.0. The number of hydrogen-bond donors (Lipinski definition) is 1. The summed E-state index contributed by atoms with van der Waals surface area (Å²) in [7, 11) is 0. The SMILES string of the molecule is Cc1nccn1CCCC(=NOCCN)c1ccc(F)cc1.Cl.Cl. The molecule has 1 aromatic carbocycles. The summed E-state index contributed by atoms with van der Waals surface area (Å²) in [6, 6.07) is 6.27. The lowest BCUT2D eigenvalue weighted by atomic mass is 10.1. The zero-order chi connectivity index (χ0) is 15.8. The van der Waals surface area contributed by atoms with Crippen LogP contribution in [-0.2, 0) is 11.4 Å². The van der Waals surface area contributed by atoms with E-state index in [0.717, 1.165) is 36.5 Å². The van der Waals surface area contributed by atoms with Crippen molar-refractivity contribution in [2.75, 3.05) is 13.2 Å². The van der Waals surface area contributed by atoms with E-state index in [0.29, 0.717) is 13.2 Å². The molecule has 0 aliphatic heterocycles. The van der Waals surface area contributed by atoms with E-state index in [1.807, 2.05) is 13.1 Å². The van der Waals surface area contributed by atoms with Crippen LogP contribution in [0.5, 0.6) is 0 Å². The number of aryl methyl sites for hydroxylation is 2. The van der Waals surface area contributed by atoms with Crippen molar-refractivity contribution >= 4 is 30.5 Å². The number of hydrogen-bond acceptors (Lipinski definition) is 4. The van der Waals surface area contributed by atoms with Crippen molar-refractivity contribution in [2.24, 2.45) is 10.9 Å². The van der Waals surface area contributed by atoms with Crippen LogP contribution in [0.4, 0.5) is 4.39 Å². The third-order valence-corrected chi connectivity index (χ3v) is 3.30. The molecule has 0 saturated carbocycles. The van der Waals surface area contributed by atoms with Crippen LogP contribution in [0.2, 0.25) is 0 Å². The van der Waals surface area contributed by atoms with Crippen LogP contribution >= 0.6 is 24.8 Å². The van der Waals surface area contributed by atoms with E-state index in [9.17, 15) is 4.39 Å². The number of aromatic nitrogens is 2. The van der Waals surface area contributed by atoms with Crippen molar-refractivity contribution in [3.05, 3.63) is 53.9 Å². The Morgan fingerprint density at radius 1 is 1.29 bits per heavy atom. The summed E-state index contributed by atoms with van der Waals surface area (Å²) in [5, 5.41) is 4.14. The molecule has 0 bridgehead atoms. The number of nitrogens with two attached hydrogens (primary N) is 1. The zero-order valence-electron chi connectivity index (χ0n) is 13.5. The van der Waals surface area contributed by atoms with Crippen LogP contribution in [0.25, 0.3) is 0 Å². The number of benzene rings is 1. The van der Waals surface area contributed by atoms with Crippen LogP contribution in [-0.4, -0.2) is 28.4 Å². The van der Waals surface area contributed by atoms with Gasteiger partial charge in [-0.1, -0.05) is 17.3 Å². The Morgan fingerprint density at radius 2 is 2.00 bits per heavy atom. The van der Waals surface area contributed by atoms with Crippen molar-refractivity contribution in [3.63, 3.8) is 0 Å². The number of nitrogens with zero attached hydrogens (tertiary/aromatic N) is 3. The molecule has 0 saturated heterocycles. The fraction of sp³-hybridized carbons (Fsp3) is 0.375. The third-order valence-electron chi connectivity index (χ3n) is 3.30. The maximum atomic E-state index is 13.0. The molecular formula is C16H23Cl2FN4O. The standard InChI is InChI=1S/C16H21FN4O.2ClH/c1-13-19-9-11-21(13)10-2-3-16(20-22-12-8-18)14-4-6-15(17)7-5-14;;/h4-7,9,11H,2-3,8,10,12,18H2,1H3;2*1H. The second-order valence-corrected chi connectivity index (χ2v) is 4.94. The van der Waals surface area contributed by atoms with Gasteiger partial charge < -0.3 is 15.1 Å². The molecule has 0 amide bonds. The van der Waals surface area contributed by atoms with Gasteiger partial charge in [-0.2, -0.15) is 0 Å². The van der Waals surface area contributed by atoms with Gasteiger partial charge in [-0.15, -0.1) is 24.8 Å². The predicted octanol–water partition coefficient (Wildman–Crippen LogP) is 3.33. The summed E-state index contributed by atoms with van der Waals surface area (Å²) in [6.07, 6.45) is 5.36. The molecule has 0 unspecified atom stereocenters. The van der Waals surface area contributed by atoms with E-state index >= 15 is 0 Å². The molecule has 8 heteroatoms. The minimum Gasteiger partial charge on any atom is -0.394 e. The smallest absolute Gasteiger partial charge is 0.129 e. The van der Waals surface area contributed by atoms with Gasteiger partial charge in [-0.25, -0.2) is 9.37 Å². The lowest BCUT2D eigenvalue weighted by Crippen LogP contribution is -2.09. The first-order valence-electron chi connectivity index (χ1n) is 7.33. The topological polar surface area (TPSA) is 65.4 Å². The fourth-order valence-corrected chi connectivity index (χ4v) is 2.12. The van der Waals surface area contributed by atoms with Crippen molar-refractivity contribution in [1.29, 1.82) is 0 Å². The van der Waals surface area contributed by atoms with E-state index < -0.39 is 0 Å². The number of imidazole rings is 1. The highest BCUT2D eigenvalue weighted by molar-refractivity contribution is 6.00. The van der Waals surface area contributed by atoms with Crippen LogP contribution in [0.15, 0.2) is 41.8 Å². The summed E-state index contributed by atoms with van der Waals surface area (Å²) in [6.45, 7) is 3.60. The number of rotatable bonds is 8. The van der Waals surface area contributed by atoms with Crippen LogP contribution in [0.3, 0.4) is 0 Å². The molecule has 0 atom stereocenters. The van der Waals surface area contributed by atoms with Gasteiger partial charge in [0, 0.05) is 25.5 Å². The molecular weight excluding hydrogens is 354 g/mol. The average Bonchev–Trinajstić information content (AvgIpc) is 2.92. The van der Waals surface area contributed by atoms with Crippen molar-refractivity contribution in [2.45, 2.75) is 26.3 Å². The summed E-state index contributed by atoms with van der Waals surface area (Å²) >= 11 is 0. The lowest BCUT2D eigenvalue weighted by molar-refractivity contribution is 0.151. The first kappa shape index (κ1) is 22.4. The van der Waals surface area contributed by atoms with Gasteiger partial charge in [0.2, 0.25) is 0 Å². The van der Waals surface area contributed by atoms with Gasteiger partial charge in [0.15, 0.2) is 0 Å². The molecule has 0 aliphatic rings. The number of halogens is 3. The van der Waals surface area contributed by atoms with E-state index in [-0.39, 0.29) is 30.6 Å². The Balaban J connectivity index is 0.00000264. The van der Waals surface area contributed by atoms with E-state index in [4.69, 9.17) is 10.6 Å². The van der Waals surface area contributed by atoms with Gasteiger partial charge in [-0.05, 0) is 37.5 Å². The Hall–Kier alpha value is -1.63. The number of oxime groups is 1. The minimum absolute atomic E-state index is 0. The van der Waals surface area contributed by atoms with Gasteiger partial charge in [0.1, 0.15) is 18.2 Å². The third kappa shape index (κ3) is 6.86. The quantitative estimate of drug-likeness (QED) is 0.436. The van der Waals surface area contributed by atoms with Crippen LogP contribution in [0.1, 0.15) is 24.2 Å². The maximum Gasteiger partial charge on any atom is 0.129 e. The van der Waals surface area contributed by atoms with E-state index in [2.05, 4.69) is 14.7 Å². The monoisotopic (exact) mass is 376 g/mol. The molecule has 2 aromatic rings. The molecule has 0 fully saturated rings. The summed E-state index contributed by atoms with van der Waals surface area (Å²) in [5.74, 6) is 0.722. The average molecular weight is 377 g/mol. The Kier molecular flexibility index (Phi) is 11.0. The lowest BCUT2D eigenvalue weighted by Gasteiger charge is -2.08. The van der Waals surface area contributed by atoms with E-state index in [1.54, 1.807) is 18.3 Å². The van der Waals surface area contributed by atoms with Gasteiger partial charge >= 0.3 is 0 Å². The normalized spacial score (nSPS) is 10.7. The molecule has 0 radical (unpaired) electrons. The highest BCUT2D eigenvalue weighted by Crippen LogP contribution is 2.10. The molecule has 134 valence electrons. The van der Waals surface area contributed by atoms with E-state index in [1.165, 1.54) is 12.1 Å². The van der Waals surface area contributed by atoms with Crippen LogP contribution < -0.4 is 5.73 Å². The summed E-state index contributed by atoms with van der Waals surface area (Å²) in [5.41, 5.74) is 7.06. The Labute approximate surface area is 153 Å². The first-order chi connectivity index (χ1) is 10.7. The molecule has 5 nitrogen and oxygen atoms in total. The minimum atomic E-state index is -0.264. The van der Waals surface area contributed by atoms with Crippen molar-refractivity contribution in [1.82, 2.24) is 9.55 Å². The second kappa shape index (κ2) is 11.8. The molecule has 1 aromatic heterocycles. The zero-order valence-corrected chi connectivity index (χ0v) is 15.2. The van der Waals surface area contributed by atoms with Crippen molar-refractivity contribution in [3.8, 4) is 0 Å². The van der Waals surface area contributed by atoms with Crippen molar-refractivity contribution < 1.29 is 9.23 Å². The molecule has 1 heterocycles. The molecule has 2 rings (SSSR count). The Bertz CT molecular complexity index is 617. The van der Waals surface area contributed by atoms with Gasteiger partial charge in [-0.3, -0.25) is 0 Å². The fourth-order valence-electron chi connectivity index (χ4n) is 2.12. The predicted molar refractivity (Wildman–Crippen MR) is 98.6 cm³/mol. The molecule has 0 spiro atoms. The van der Waals surface area contributed by atoms with Gasteiger partial charge in [0.05, 0.1) is 5.71 Å². The second-order valence-electron chi connectivity index (χ2n) is 4.94. The Morgan fingerprint density at radius 3 is 2.58 bits per heavy atom. The largest absolute Gasteiger partial charge is 0.394 e. The summed E-state index contributed by atoms with van der Waals surface area (Å²) in [4.78, 5) is 9.39. The molecule has 24 heavy (non-hydrogen) atoms. The van der Waals surface area contributed by atoms with Gasteiger partial charge in [0.25, 0.3) is 0 Å².